The molecule has 88 valence electrons. The van der Waals surface area contributed by atoms with Crippen LogP contribution in [0, 0.1) is 0 Å². The quantitative estimate of drug-likeness (QED) is 0.870. The lowest BCUT2D eigenvalue weighted by Crippen LogP contribution is -2.42. The van der Waals surface area contributed by atoms with E-state index in [1.807, 2.05) is 13.2 Å². The van der Waals surface area contributed by atoms with Gasteiger partial charge in [-0.15, -0.1) is 0 Å². The Morgan fingerprint density at radius 3 is 2.76 bits per heavy atom. The molecule has 1 aromatic carbocycles. The third kappa shape index (κ3) is 1.64. The fourth-order valence-corrected chi connectivity index (χ4v) is 3.04. The standard InChI is InChI=1S/C15H18N2/c1-16-11-15(8-4-9-15)13-7-10-17-14-6-3-2-5-12(13)14/h2-3,5-7,10,16H,4,8-9,11H2,1H3. The Balaban J connectivity index is 2.16. The van der Waals surface area contributed by atoms with Crippen molar-refractivity contribution in [2.24, 2.45) is 0 Å². The van der Waals surface area contributed by atoms with E-state index >= 15 is 0 Å². The van der Waals surface area contributed by atoms with Crippen LogP contribution in [0.4, 0.5) is 0 Å². The molecule has 1 aliphatic carbocycles. The lowest BCUT2D eigenvalue weighted by Gasteiger charge is -2.43. The Bertz CT molecular complexity index is 524. The lowest BCUT2D eigenvalue weighted by molar-refractivity contribution is 0.241. The molecule has 1 aromatic heterocycles. The molecule has 0 unspecified atom stereocenters. The Hall–Kier alpha value is -1.41. The summed E-state index contributed by atoms with van der Waals surface area (Å²) in [5.74, 6) is 0. The summed E-state index contributed by atoms with van der Waals surface area (Å²) in [6.07, 6.45) is 5.88. The molecule has 1 heterocycles. The van der Waals surface area contributed by atoms with Gasteiger partial charge in [0.2, 0.25) is 0 Å². The first-order valence-electron chi connectivity index (χ1n) is 6.35. The van der Waals surface area contributed by atoms with E-state index in [2.05, 4.69) is 40.6 Å². The average Bonchev–Trinajstić information content (AvgIpc) is 2.33. The van der Waals surface area contributed by atoms with Gasteiger partial charge in [0.15, 0.2) is 0 Å². The zero-order valence-electron chi connectivity index (χ0n) is 10.2. The molecule has 0 spiro atoms. The summed E-state index contributed by atoms with van der Waals surface area (Å²) in [6.45, 7) is 1.07. The second kappa shape index (κ2) is 4.11. The van der Waals surface area contributed by atoms with Gasteiger partial charge in [-0.05, 0) is 37.6 Å². The maximum Gasteiger partial charge on any atom is 0.0704 e. The molecule has 2 nitrogen and oxygen atoms in total. The summed E-state index contributed by atoms with van der Waals surface area (Å²) in [7, 11) is 2.05. The minimum atomic E-state index is 0.345. The van der Waals surface area contributed by atoms with Crippen molar-refractivity contribution in [1.82, 2.24) is 10.3 Å². The van der Waals surface area contributed by atoms with E-state index in [4.69, 9.17) is 0 Å². The normalized spacial score (nSPS) is 17.9. The van der Waals surface area contributed by atoms with Gasteiger partial charge >= 0.3 is 0 Å². The summed E-state index contributed by atoms with van der Waals surface area (Å²) in [4.78, 5) is 4.45. The molecule has 0 amide bonds. The Kier molecular flexibility index (Phi) is 2.60. The van der Waals surface area contributed by atoms with Gasteiger partial charge in [0.05, 0.1) is 5.52 Å². The monoisotopic (exact) mass is 226 g/mol. The summed E-state index contributed by atoms with van der Waals surface area (Å²) in [6, 6.07) is 10.7. The van der Waals surface area contributed by atoms with E-state index in [1.165, 1.54) is 30.2 Å². The van der Waals surface area contributed by atoms with Gasteiger partial charge in [-0.25, -0.2) is 0 Å². The van der Waals surface area contributed by atoms with Gasteiger partial charge < -0.3 is 5.32 Å². The van der Waals surface area contributed by atoms with Crippen molar-refractivity contribution in [3.05, 3.63) is 42.1 Å². The number of fused-ring (bicyclic) bond motifs is 1. The number of likely N-dealkylation sites (N-methyl/N-ethyl adjacent to an activating group) is 1. The molecule has 3 rings (SSSR count). The van der Waals surface area contributed by atoms with E-state index in [9.17, 15) is 0 Å². The number of nitrogens with zero attached hydrogens (tertiary/aromatic N) is 1. The maximum atomic E-state index is 4.45. The third-order valence-corrected chi connectivity index (χ3v) is 4.05. The molecular weight excluding hydrogens is 208 g/mol. The van der Waals surface area contributed by atoms with Crippen molar-refractivity contribution in [2.75, 3.05) is 13.6 Å². The Morgan fingerprint density at radius 2 is 2.06 bits per heavy atom. The van der Waals surface area contributed by atoms with Crippen molar-refractivity contribution < 1.29 is 0 Å². The zero-order valence-corrected chi connectivity index (χ0v) is 10.2. The van der Waals surface area contributed by atoms with E-state index in [0.29, 0.717) is 5.41 Å². The highest BCUT2D eigenvalue weighted by Crippen LogP contribution is 2.45. The van der Waals surface area contributed by atoms with Crippen LogP contribution in [0.3, 0.4) is 0 Å². The summed E-state index contributed by atoms with van der Waals surface area (Å²) in [5.41, 5.74) is 2.94. The predicted octanol–water partition coefficient (Wildman–Crippen LogP) is 2.88. The van der Waals surface area contributed by atoms with Crippen molar-refractivity contribution in [3.8, 4) is 0 Å². The van der Waals surface area contributed by atoms with E-state index in [1.54, 1.807) is 0 Å². The van der Waals surface area contributed by atoms with E-state index < -0.39 is 0 Å². The summed E-state index contributed by atoms with van der Waals surface area (Å²) < 4.78 is 0. The molecule has 1 fully saturated rings. The highest BCUT2D eigenvalue weighted by atomic mass is 14.8. The number of para-hydroxylation sites is 1. The van der Waals surface area contributed by atoms with Gasteiger partial charge in [-0.1, -0.05) is 24.6 Å². The molecule has 0 saturated heterocycles. The van der Waals surface area contributed by atoms with Crippen LogP contribution in [-0.4, -0.2) is 18.6 Å². The van der Waals surface area contributed by atoms with Gasteiger partial charge in [-0.2, -0.15) is 0 Å². The molecule has 17 heavy (non-hydrogen) atoms. The first-order valence-corrected chi connectivity index (χ1v) is 6.35. The van der Waals surface area contributed by atoms with Crippen molar-refractivity contribution >= 4 is 10.9 Å². The SMILES string of the molecule is CNCC1(c2ccnc3ccccc23)CCC1. The fraction of sp³-hybridized carbons (Fsp3) is 0.400. The first-order chi connectivity index (χ1) is 8.36. The van der Waals surface area contributed by atoms with Gasteiger partial charge in [0, 0.05) is 23.5 Å². The number of pyridine rings is 1. The first kappa shape index (κ1) is 10.7. The van der Waals surface area contributed by atoms with Crippen LogP contribution in [0.1, 0.15) is 24.8 Å². The Morgan fingerprint density at radius 1 is 1.24 bits per heavy atom. The van der Waals surface area contributed by atoms with E-state index in [0.717, 1.165) is 12.1 Å². The smallest absolute Gasteiger partial charge is 0.0704 e. The molecular formula is C15H18N2. The van der Waals surface area contributed by atoms with Gasteiger partial charge in [-0.3, -0.25) is 4.98 Å². The second-order valence-corrected chi connectivity index (χ2v) is 5.04. The number of rotatable bonds is 3. The minimum absolute atomic E-state index is 0.345. The topological polar surface area (TPSA) is 24.9 Å². The van der Waals surface area contributed by atoms with E-state index in [-0.39, 0.29) is 0 Å². The van der Waals surface area contributed by atoms with Crippen molar-refractivity contribution in [1.29, 1.82) is 0 Å². The number of nitrogens with one attached hydrogen (secondary N) is 1. The predicted molar refractivity (Wildman–Crippen MR) is 71.2 cm³/mol. The summed E-state index contributed by atoms with van der Waals surface area (Å²) in [5, 5.41) is 4.68. The lowest BCUT2D eigenvalue weighted by atomic mass is 9.63. The average molecular weight is 226 g/mol. The van der Waals surface area contributed by atoms with Crippen LogP contribution >= 0.6 is 0 Å². The van der Waals surface area contributed by atoms with Crippen LogP contribution in [0.5, 0.6) is 0 Å². The highest BCUT2D eigenvalue weighted by molar-refractivity contribution is 5.83. The molecule has 0 aliphatic heterocycles. The molecule has 1 aliphatic rings. The number of hydrogen-bond donors (Lipinski definition) is 1. The molecule has 2 aromatic rings. The maximum absolute atomic E-state index is 4.45. The van der Waals surface area contributed by atoms with Crippen LogP contribution in [0.25, 0.3) is 10.9 Å². The molecule has 1 N–H and O–H groups in total. The number of benzene rings is 1. The minimum Gasteiger partial charge on any atom is -0.319 e. The number of hydrogen-bond acceptors (Lipinski definition) is 2. The molecule has 0 bridgehead atoms. The number of aromatic nitrogens is 1. The molecule has 0 radical (unpaired) electrons. The van der Waals surface area contributed by atoms with Gasteiger partial charge in [0.25, 0.3) is 0 Å². The fourth-order valence-electron chi connectivity index (χ4n) is 3.04. The highest BCUT2D eigenvalue weighted by Gasteiger charge is 2.38. The van der Waals surface area contributed by atoms with Crippen molar-refractivity contribution in [3.63, 3.8) is 0 Å². The van der Waals surface area contributed by atoms with Crippen LogP contribution in [0.15, 0.2) is 36.5 Å². The Labute approximate surface area is 102 Å². The molecule has 0 atom stereocenters. The van der Waals surface area contributed by atoms with Crippen molar-refractivity contribution in [2.45, 2.75) is 24.7 Å². The molecule has 1 saturated carbocycles. The largest absolute Gasteiger partial charge is 0.319 e. The van der Waals surface area contributed by atoms with Gasteiger partial charge in [0.1, 0.15) is 0 Å². The molecule has 2 heteroatoms. The van der Waals surface area contributed by atoms with Crippen LogP contribution in [-0.2, 0) is 5.41 Å². The second-order valence-electron chi connectivity index (χ2n) is 5.04. The van der Waals surface area contributed by atoms with Crippen LogP contribution in [0.2, 0.25) is 0 Å². The zero-order chi connectivity index (χ0) is 11.7. The summed E-state index contributed by atoms with van der Waals surface area (Å²) >= 11 is 0. The van der Waals surface area contributed by atoms with Crippen LogP contribution < -0.4 is 5.32 Å². The third-order valence-electron chi connectivity index (χ3n) is 4.05.